The number of anilines is 1. The van der Waals surface area contributed by atoms with E-state index in [2.05, 4.69) is 40.0 Å². The second-order valence-electron chi connectivity index (χ2n) is 9.88. The summed E-state index contributed by atoms with van der Waals surface area (Å²) in [6.07, 6.45) is 0.884. The molecule has 3 heterocycles. The quantitative estimate of drug-likeness (QED) is 0.346. The van der Waals surface area contributed by atoms with Crippen molar-refractivity contribution in [1.82, 2.24) is 14.8 Å². The maximum Gasteiger partial charge on any atom is 0.257 e. The molecule has 8 heteroatoms. The number of aryl methyl sites for hydroxylation is 1. The van der Waals surface area contributed by atoms with Gasteiger partial charge in [-0.05, 0) is 42.3 Å². The van der Waals surface area contributed by atoms with E-state index in [4.69, 9.17) is 9.47 Å². The van der Waals surface area contributed by atoms with Gasteiger partial charge in [-0.1, -0.05) is 42.5 Å². The normalized spacial score (nSPS) is 15.9. The Hall–Kier alpha value is -4.46. The first kappa shape index (κ1) is 24.9. The standard InChI is InChI=1S/C31H32N4O4/c1-33-24-11-5-4-10-23(24)31(37)35-18-15-22-21-9-3-6-12-25(21)34(29(22)30(33)35)19-16-28(36)32-17-20-39-27-14-8-7-13-26(27)38-2/h3-14,30H,15-20H2,1-2H3,(H,32,36). The predicted octanol–water partition coefficient (Wildman–Crippen LogP) is 4.38. The van der Waals surface area contributed by atoms with Crippen molar-refractivity contribution >= 4 is 28.4 Å². The van der Waals surface area contributed by atoms with Gasteiger partial charge < -0.3 is 29.2 Å². The molecule has 2 aliphatic rings. The molecule has 0 radical (unpaired) electrons. The Kier molecular flexibility index (Phi) is 6.60. The molecule has 1 atom stereocenters. The molecule has 4 aromatic rings. The van der Waals surface area contributed by atoms with E-state index in [1.165, 1.54) is 10.9 Å². The van der Waals surface area contributed by atoms with Crippen molar-refractivity contribution in [2.45, 2.75) is 25.6 Å². The molecule has 0 aliphatic carbocycles. The van der Waals surface area contributed by atoms with Crippen molar-refractivity contribution in [2.75, 3.05) is 38.8 Å². The van der Waals surface area contributed by atoms with Crippen molar-refractivity contribution < 1.29 is 19.1 Å². The van der Waals surface area contributed by atoms with Crippen LogP contribution in [0.15, 0.2) is 72.8 Å². The van der Waals surface area contributed by atoms with E-state index >= 15 is 0 Å². The highest BCUT2D eigenvalue weighted by molar-refractivity contribution is 6.02. The first-order chi connectivity index (χ1) is 19.1. The van der Waals surface area contributed by atoms with E-state index < -0.39 is 0 Å². The largest absolute Gasteiger partial charge is 0.493 e. The summed E-state index contributed by atoms with van der Waals surface area (Å²) in [5.74, 6) is 1.33. The van der Waals surface area contributed by atoms with Gasteiger partial charge in [-0.2, -0.15) is 0 Å². The number of carbonyl (C=O) groups is 2. The molecule has 1 N–H and O–H groups in total. The zero-order chi connectivity index (χ0) is 26.9. The first-order valence-corrected chi connectivity index (χ1v) is 13.3. The number of amides is 2. The fourth-order valence-corrected chi connectivity index (χ4v) is 5.94. The lowest BCUT2D eigenvalue weighted by Crippen LogP contribution is -2.51. The Balaban J connectivity index is 1.21. The van der Waals surface area contributed by atoms with Crippen molar-refractivity contribution in [3.63, 3.8) is 0 Å². The minimum atomic E-state index is -0.221. The summed E-state index contributed by atoms with van der Waals surface area (Å²) in [7, 11) is 3.65. The minimum Gasteiger partial charge on any atom is -0.493 e. The molecule has 0 saturated carbocycles. The van der Waals surface area contributed by atoms with Crippen LogP contribution in [-0.4, -0.2) is 55.1 Å². The van der Waals surface area contributed by atoms with Crippen molar-refractivity contribution in [3.05, 3.63) is 89.6 Å². The van der Waals surface area contributed by atoms with Gasteiger partial charge in [0.05, 0.1) is 30.6 Å². The van der Waals surface area contributed by atoms with Gasteiger partial charge >= 0.3 is 0 Å². The maximum absolute atomic E-state index is 13.5. The third-order valence-corrected chi connectivity index (χ3v) is 7.72. The molecule has 0 spiro atoms. The van der Waals surface area contributed by atoms with Gasteiger partial charge in [0.2, 0.25) is 5.91 Å². The number of benzene rings is 3. The maximum atomic E-state index is 13.5. The van der Waals surface area contributed by atoms with Crippen LogP contribution in [0, 0.1) is 0 Å². The molecule has 3 aromatic carbocycles. The van der Waals surface area contributed by atoms with E-state index in [-0.39, 0.29) is 18.0 Å². The number of carbonyl (C=O) groups excluding carboxylic acids is 2. The van der Waals surface area contributed by atoms with Crippen molar-refractivity contribution in [3.8, 4) is 11.5 Å². The summed E-state index contributed by atoms with van der Waals surface area (Å²) in [6, 6.07) is 23.6. The zero-order valence-corrected chi connectivity index (χ0v) is 22.2. The number of para-hydroxylation sites is 4. The molecule has 2 aliphatic heterocycles. The van der Waals surface area contributed by atoms with Gasteiger partial charge in [-0.15, -0.1) is 0 Å². The summed E-state index contributed by atoms with van der Waals surface area (Å²) >= 11 is 0. The van der Waals surface area contributed by atoms with Gasteiger partial charge in [0.1, 0.15) is 12.8 Å². The topological polar surface area (TPSA) is 76.0 Å². The molecular weight excluding hydrogens is 492 g/mol. The molecule has 39 heavy (non-hydrogen) atoms. The summed E-state index contributed by atoms with van der Waals surface area (Å²) in [4.78, 5) is 30.5. The first-order valence-electron chi connectivity index (χ1n) is 13.3. The van der Waals surface area contributed by atoms with Crippen LogP contribution in [0.3, 0.4) is 0 Å². The van der Waals surface area contributed by atoms with Crippen LogP contribution in [0.2, 0.25) is 0 Å². The molecular formula is C31H32N4O4. The molecule has 0 fully saturated rings. The van der Waals surface area contributed by atoms with Gasteiger partial charge in [-0.3, -0.25) is 9.59 Å². The number of aromatic nitrogens is 1. The van der Waals surface area contributed by atoms with Crippen LogP contribution in [0.5, 0.6) is 11.5 Å². The Labute approximate surface area is 227 Å². The molecule has 2 amide bonds. The molecule has 200 valence electrons. The Bertz CT molecular complexity index is 1540. The second-order valence-corrected chi connectivity index (χ2v) is 9.88. The number of methoxy groups -OCH3 is 1. The van der Waals surface area contributed by atoms with Crippen LogP contribution in [0.25, 0.3) is 10.9 Å². The summed E-state index contributed by atoms with van der Waals surface area (Å²) in [5.41, 5.74) is 5.12. The molecule has 1 aromatic heterocycles. The molecule has 0 saturated heterocycles. The smallest absolute Gasteiger partial charge is 0.257 e. The van der Waals surface area contributed by atoms with Crippen molar-refractivity contribution in [2.24, 2.45) is 0 Å². The lowest BCUT2D eigenvalue weighted by molar-refractivity contribution is -0.121. The highest BCUT2D eigenvalue weighted by Crippen LogP contribution is 2.44. The Morgan fingerprint density at radius 3 is 2.59 bits per heavy atom. The fourth-order valence-electron chi connectivity index (χ4n) is 5.94. The van der Waals surface area contributed by atoms with Crippen LogP contribution in [-0.2, 0) is 17.8 Å². The number of nitrogens with zero attached hydrogens (tertiary/aromatic N) is 3. The zero-order valence-electron chi connectivity index (χ0n) is 22.2. The average Bonchev–Trinajstić information content (AvgIpc) is 3.30. The molecule has 1 unspecified atom stereocenters. The highest BCUT2D eigenvalue weighted by atomic mass is 16.5. The number of hydrogen-bond acceptors (Lipinski definition) is 5. The Morgan fingerprint density at radius 2 is 1.74 bits per heavy atom. The highest BCUT2D eigenvalue weighted by Gasteiger charge is 2.42. The SMILES string of the molecule is COc1ccccc1OCCNC(=O)CCn1c2c(c3ccccc31)CCN1C(=O)c3ccccc3N(C)C21. The third kappa shape index (κ3) is 4.35. The number of fused-ring (bicyclic) bond motifs is 6. The summed E-state index contributed by atoms with van der Waals surface area (Å²) in [5, 5.41) is 4.17. The van der Waals surface area contributed by atoms with Crippen LogP contribution in [0.4, 0.5) is 5.69 Å². The number of nitrogens with one attached hydrogen (secondary N) is 1. The van der Waals surface area contributed by atoms with E-state index in [1.54, 1.807) is 7.11 Å². The summed E-state index contributed by atoms with van der Waals surface area (Å²) in [6.45, 7) is 1.92. The second kappa shape index (κ2) is 10.4. The van der Waals surface area contributed by atoms with E-state index in [0.717, 1.165) is 28.9 Å². The van der Waals surface area contributed by atoms with E-state index in [0.29, 0.717) is 44.2 Å². The monoisotopic (exact) mass is 524 g/mol. The van der Waals surface area contributed by atoms with Crippen LogP contribution < -0.4 is 19.7 Å². The molecule has 6 rings (SSSR count). The van der Waals surface area contributed by atoms with E-state index in [9.17, 15) is 9.59 Å². The average molecular weight is 525 g/mol. The number of ether oxygens (including phenoxy) is 2. The van der Waals surface area contributed by atoms with E-state index in [1.807, 2.05) is 59.5 Å². The number of rotatable bonds is 8. The van der Waals surface area contributed by atoms with Crippen LogP contribution >= 0.6 is 0 Å². The predicted molar refractivity (Wildman–Crippen MR) is 150 cm³/mol. The third-order valence-electron chi connectivity index (χ3n) is 7.72. The molecule has 8 nitrogen and oxygen atoms in total. The Morgan fingerprint density at radius 1 is 1.00 bits per heavy atom. The molecule has 0 bridgehead atoms. The fraction of sp³-hybridized carbons (Fsp3) is 0.290. The van der Waals surface area contributed by atoms with Crippen molar-refractivity contribution in [1.29, 1.82) is 0 Å². The van der Waals surface area contributed by atoms with Gasteiger partial charge in [-0.25, -0.2) is 0 Å². The van der Waals surface area contributed by atoms with Gasteiger partial charge in [0, 0.05) is 37.5 Å². The van der Waals surface area contributed by atoms with Gasteiger partial charge in [0.25, 0.3) is 5.91 Å². The minimum absolute atomic E-state index is 0.0451. The lowest BCUT2D eigenvalue weighted by Gasteiger charge is -2.46. The summed E-state index contributed by atoms with van der Waals surface area (Å²) < 4.78 is 13.3. The number of hydrogen-bond donors (Lipinski definition) is 1. The lowest BCUT2D eigenvalue weighted by atomic mass is 9.96. The van der Waals surface area contributed by atoms with Gasteiger partial charge in [0.15, 0.2) is 11.5 Å². The van der Waals surface area contributed by atoms with Crippen LogP contribution in [0.1, 0.15) is 34.2 Å².